The summed E-state index contributed by atoms with van der Waals surface area (Å²) in [6, 6.07) is 18.7. The number of benzene rings is 2. The number of halogens is 1. The normalized spacial score (nSPS) is 11.3. The van der Waals surface area contributed by atoms with Crippen LogP contribution in [0.15, 0.2) is 77.7 Å². The van der Waals surface area contributed by atoms with Crippen molar-refractivity contribution >= 4 is 23.1 Å². The van der Waals surface area contributed by atoms with Gasteiger partial charge in [0.2, 0.25) is 0 Å². The summed E-state index contributed by atoms with van der Waals surface area (Å²) in [6.07, 6.45) is 5.09. The number of para-hydroxylation sites is 2. The second-order valence-corrected chi connectivity index (χ2v) is 5.67. The van der Waals surface area contributed by atoms with Crippen molar-refractivity contribution in [2.24, 2.45) is 0 Å². The van der Waals surface area contributed by atoms with Gasteiger partial charge in [-0.15, -0.1) is 0 Å². The first-order chi connectivity index (χ1) is 12.7. The summed E-state index contributed by atoms with van der Waals surface area (Å²) in [7, 11) is 0. The van der Waals surface area contributed by atoms with Crippen LogP contribution in [0.1, 0.15) is 11.5 Å². The fraction of sp³-hybridized carbons (Fsp3) is 0. The molecule has 0 saturated carbocycles. The van der Waals surface area contributed by atoms with Gasteiger partial charge in [-0.05, 0) is 48.6 Å². The standard InChI is InChI=1S/C21H14FN3O/c22-17-9-2-4-11-19(17)25-20(13-12-15-7-5-6-14-23-15)24-18-10-3-1-8-16(18)21(25)26/h1-14H/b13-12+. The Kier molecular flexibility index (Phi) is 4.11. The molecular formula is C21H14FN3O. The van der Waals surface area contributed by atoms with Crippen LogP contribution in [0.3, 0.4) is 0 Å². The predicted octanol–water partition coefficient (Wildman–Crippen LogP) is 4.09. The summed E-state index contributed by atoms with van der Waals surface area (Å²) in [5.41, 5.74) is 1.12. The number of hydrogen-bond donors (Lipinski definition) is 0. The maximum Gasteiger partial charge on any atom is 0.266 e. The van der Waals surface area contributed by atoms with Crippen LogP contribution in [0.5, 0.6) is 0 Å². The van der Waals surface area contributed by atoms with Crippen LogP contribution in [0.25, 0.3) is 28.7 Å². The van der Waals surface area contributed by atoms with Crippen LogP contribution < -0.4 is 5.56 Å². The summed E-state index contributed by atoms with van der Waals surface area (Å²) >= 11 is 0. The van der Waals surface area contributed by atoms with E-state index in [1.165, 1.54) is 10.6 Å². The van der Waals surface area contributed by atoms with Gasteiger partial charge in [0.05, 0.1) is 22.3 Å². The van der Waals surface area contributed by atoms with Crippen LogP contribution in [0.4, 0.5) is 4.39 Å². The summed E-state index contributed by atoms with van der Waals surface area (Å²) in [4.78, 5) is 21.8. The maximum atomic E-state index is 14.4. The first kappa shape index (κ1) is 15.9. The van der Waals surface area contributed by atoms with Crippen molar-refractivity contribution in [2.45, 2.75) is 0 Å². The van der Waals surface area contributed by atoms with E-state index in [1.807, 2.05) is 24.3 Å². The lowest BCUT2D eigenvalue weighted by Crippen LogP contribution is -2.23. The van der Waals surface area contributed by atoms with Crippen LogP contribution in [-0.4, -0.2) is 14.5 Å². The SMILES string of the molecule is O=c1c2ccccc2nc(/C=C/c2ccccn2)n1-c1ccccc1F. The Morgan fingerprint density at radius 3 is 2.46 bits per heavy atom. The topological polar surface area (TPSA) is 47.8 Å². The molecule has 0 unspecified atom stereocenters. The van der Waals surface area contributed by atoms with Crippen molar-refractivity contribution in [2.75, 3.05) is 0 Å². The smallest absolute Gasteiger partial charge is 0.266 e. The van der Waals surface area contributed by atoms with E-state index < -0.39 is 5.82 Å². The van der Waals surface area contributed by atoms with Crippen molar-refractivity contribution in [3.8, 4) is 5.69 Å². The maximum absolute atomic E-state index is 14.4. The fourth-order valence-electron chi connectivity index (χ4n) is 2.76. The molecule has 0 spiro atoms. The van der Waals surface area contributed by atoms with Crippen molar-refractivity contribution in [3.05, 3.63) is 101 Å². The highest BCUT2D eigenvalue weighted by Gasteiger charge is 2.13. The van der Waals surface area contributed by atoms with Crippen LogP contribution in [-0.2, 0) is 0 Å². The van der Waals surface area contributed by atoms with Gasteiger partial charge in [-0.3, -0.25) is 14.3 Å². The molecule has 0 radical (unpaired) electrons. The van der Waals surface area contributed by atoms with Gasteiger partial charge in [0.15, 0.2) is 0 Å². The fourth-order valence-corrected chi connectivity index (χ4v) is 2.76. The lowest BCUT2D eigenvalue weighted by atomic mass is 10.2. The summed E-state index contributed by atoms with van der Waals surface area (Å²) < 4.78 is 15.7. The number of rotatable bonds is 3. The van der Waals surface area contributed by atoms with Gasteiger partial charge in [-0.25, -0.2) is 9.37 Å². The third-order valence-corrected chi connectivity index (χ3v) is 3.99. The second kappa shape index (κ2) is 6.72. The lowest BCUT2D eigenvalue weighted by molar-refractivity contribution is 0.615. The van der Waals surface area contributed by atoms with Gasteiger partial charge in [-0.1, -0.05) is 30.3 Å². The molecule has 4 rings (SSSR count). The molecule has 2 heterocycles. The van der Waals surface area contributed by atoms with E-state index in [2.05, 4.69) is 9.97 Å². The summed E-state index contributed by atoms with van der Waals surface area (Å²) in [5, 5.41) is 0.436. The zero-order valence-corrected chi connectivity index (χ0v) is 13.7. The van der Waals surface area contributed by atoms with Gasteiger partial charge < -0.3 is 0 Å². The molecule has 2 aromatic carbocycles. The molecule has 0 N–H and O–H groups in total. The van der Waals surface area contributed by atoms with Crippen LogP contribution >= 0.6 is 0 Å². The number of aromatic nitrogens is 3. The second-order valence-electron chi connectivity index (χ2n) is 5.67. The van der Waals surface area contributed by atoms with Crippen LogP contribution in [0.2, 0.25) is 0 Å². The first-order valence-corrected chi connectivity index (χ1v) is 8.10. The Morgan fingerprint density at radius 1 is 0.885 bits per heavy atom. The average molecular weight is 343 g/mol. The zero-order chi connectivity index (χ0) is 17.9. The molecule has 5 heteroatoms. The van der Waals surface area contributed by atoms with Gasteiger partial charge in [0.1, 0.15) is 11.6 Å². The molecule has 4 nitrogen and oxygen atoms in total. The molecule has 26 heavy (non-hydrogen) atoms. The predicted molar refractivity (Wildman–Crippen MR) is 100 cm³/mol. The Balaban J connectivity index is 1.99. The quantitative estimate of drug-likeness (QED) is 0.563. The molecule has 0 saturated heterocycles. The average Bonchev–Trinajstić information content (AvgIpc) is 2.68. The first-order valence-electron chi connectivity index (χ1n) is 8.10. The zero-order valence-electron chi connectivity index (χ0n) is 13.7. The largest absolute Gasteiger partial charge is 0.268 e. The summed E-state index contributed by atoms with van der Waals surface area (Å²) in [5.74, 6) is -0.149. The Morgan fingerprint density at radius 2 is 1.65 bits per heavy atom. The third kappa shape index (κ3) is 2.91. The highest BCUT2D eigenvalue weighted by molar-refractivity contribution is 5.79. The van der Waals surface area contributed by atoms with Gasteiger partial charge in [0, 0.05) is 6.20 Å². The highest BCUT2D eigenvalue weighted by Crippen LogP contribution is 2.17. The molecule has 0 bridgehead atoms. The molecular weight excluding hydrogens is 329 g/mol. The Labute approximate surface area is 148 Å². The van der Waals surface area contributed by atoms with E-state index in [4.69, 9.17) is 0 Å². The molecule has 0 atom stereocenters. The van der Waals surface area contributed by atoms with Crippen molar-refractivity contribution in [1.82, 2.24) is 14.5 Å². The van der Waals surface area contributed by atoms with E-state index in [0.717, 1.165) is 5.69 Å². The van der Waals surface area contributed by atoms with Gasteiger partial charge in [0.25, 0.3) is 5.56 Å². The Bertz CT molecular complexity index is 1170. The number of fused-ring (bicyclic) bond motifs is 1. The minimum Gasteiger partial charge on any atom is -0.268 e. The molecule has 0 aliphatic heterocycles. The minimum atomic E-state index is -0.487. The van der Waals surface area contributed by atoms with Crippen molar-refractivity contribution in [1.29, 1.82) is 0 Å². The molecule has 0 fully saturated rings. The van der Waals surface area contributed by atoms with E-state index in [1.54, 1.807) is 54.7 Å². The molecule has 0 aliphatic carbocycles. The number of pyridine rings is 1. The van der Waals surface area contributed by atoms with E-state index in [0.29, 0.717) is 16.7 Å². The van der Waals surface area contributed by atoms with E-state index >= 15 is 0 Å². The summed E-state index contributed by atoms with van der Waals surface area (Å²) in [6.45, 7) is 0. The van der Waals surface area contributed by atoms with E-state index in [-0.39, 0.29) is 11.2 Å². The van der Waals surface area contributed by atoms with Gasteiger partial charge in [-0.2, -0.15) is 0 Å². The third-order valence-electron chi connectivity index (χ3n) is 3.99. The molecule has 0 aliphatic rings. The van der Waals surface area contributed by atoms with Gasteiger partial charge >= 0.3 is 0 Å². The van der Waals surface area contributed by atoms with Crippen molar-refractivity contribution in [3.63, 3.8) is 0 Å². The molecule has 4 aromatic rings. The molecule has 2 aromatic heterocycles. The number of nitrogens with zero attached hydrogens (tertiary/aromatic N) is 3. The highest BCUT2D eigenvalue weighted by atomic mass is 19.1. The molecule has 0 amide bonds. The monoisotopic (exact) mass is 343 g/mol. The van der Waals surface area contributed by atoms with Crippen LogP contribution in [0, 0.1) is 5.82 Å². The number of hydrogen-bond acceptors (Lipinski definition) is 3. The van der Waals surface area contributed by atoms with E-state index in [9.17, 15) is 9.18 Å². The molecule has 126 valence electrons. The minimum absolute atomic E-state index is 0.163. The van der Waals surface area contributed by atoms with Crippen molar-refractivity contribution < 1.29 is 4.39 Å². The lowest BCUT2D eigenvalue weighted by Gasteiger charge is -2.12. The Hall–Kier alpha value is -3.60.